The molecule has 1 aliphatic heterocycles. The molecule has 5 nitrogen and oxygen atoms in total. The van der Waals surface area contributed by atoms with E-state index in [1.807, 2.05) is 6.92 Å². The summed E-state index contributed by atoms with van der Waals surface area (Å²) in [6.07, 6.45) is 1.62. The third-order valence-electron chi connectivity index (χ3n) is 3.59. The predicted octanol–water partition coefficient (Wildman–Crippen LogP) is 2.57. The van der Waals surface area contributed by atoms with E-state index in [1.54, 1.807) is 0 Å². The van der Waals surface area contributed by atoms with Crippen LogP contribution in [0.2, 0.25) is 0 Å². The highest BCUT2D eigenvalue weighted by molar-refractivity contribution is 5.87. The first-order valence-corrected chi connectivity index (χ1v) is 6.47. The van der Waals surface area contributed by atoms with E-state index in [1.165, 1.54) is 6.92 Å². The molecule has 2 rings (SSSR count). The van der Waals surface area contributed by atoms with Gasteiger partial charge in [0.25, 0.3) is 5.92 Å². The standard InChI is InChI=1S/C13H18F2N2O3/c1-8-9(11(18)19)17(16-10(8)13(3,14)15)7-12(2)5-4-6-20-12/h4-7H2,1-3H3,(H,18,19). The molecular formula is C13H18F2N2O3. The van der Waals surface area contributed by atoms with E-state index in [-0.39, 0.29) is 17.8 Å². The molecule has 0 spiro atoms. The minimum atomic E-state index is -3.17. The molecule has 7 heteroatoms. The predicted molar refractivity (Wildman–Crippen MR) is 67.1 cm³/mol. The lowest BCUT2D eigenvalue weighted by atomic mass is 10.0. The number of ether oxygens (including phenoxy) is 1. The van der Waals surface area contributed by atoms with Crippen molar-refractivity contribution in [3.63, 3.8) is 0 Å². The average molecular weight is 288 g/mol. The molecule has 0 aliphatic carbocycles. The van der Waals surface area contributed by atoms with Crippen molar-refractivity contribution in [2.45, 2.75) is 51.7 Å². The summed E-state index contributed by atoms with van der Waals surface area (Å²) in [5, 5.41) is 13.1. The van der Waals surface area contributed by atoms with E-state index in [4.69, 9.17) is 4.74 Å². The highest BCUT2D eigenvalue weighted by Gasteiger charge is 2.37. The Morgan fingerprint density at radius 1 is 1.60 bits per heavy atom. The van der Waals surface area contributed by atoms with Crippen LogP contribution in [0.25, 0.3) is 0 Å². The number of hydrogen-bond donors (Lipinski definition) is 1. The van der Waals surface area contributed by atoms with E-state index >= 15 is 0 Å². The summed E-state index contributed by atoms with van der Waals surface area (Å²) in [6.45, 7) is 4.66. The Balaban J connectivity index is 2.44. The van der Waals surface area contributed by atoms with Crippen LogP contribution in [0.4, 0.5) is 8.78 Å². The number of carboxylic acid groups (broad SMARTS) is 1. The van der Waals surface area contributed by atoms with E-state index in [2.05, 4.69) is 5.10 Å². The molecule has 1 atom stereocenters. The third-order valence-corrected chi connectivity index (χ3v) is 3.59. The van der Waals surface area contributed by atoms with Gasteiger partial charge in [0.2, 0.25) is 0 Å². The van der Waals surface area contributed by atoms with Gasteiger partial charge in [0.1, 0.15) is 11.4 Å². The molecule has 1 N–H and O–H groups in total. The highest BCUT2D eigenvalue weighted by atomic mass is 19.3. The first-order valence-electron chi connectivity index (χ1n) is 6.47. The molecule has 1 aromatic heterocycles. The van der Waals surface area contributed by atoms with Crippen LogP contribution in [0, 0.1) is 6.92 Å². The van der Waals surface area contributed by atoms with Crippen molar-refractivity contribution in [3.8, 4) is 0 Å². The molecule has 20 heavy (non-hydrogen) atoms. The minimum Gasteiger partial charge on any atom is -0.477 e. The number of aromatic nitrogens is 2. The Labute approximate surface area is 115 Å². The maximum absolute atomic E-state index is 13.5. The highest BCUT2D eigenvalue weighted by Crippen LogP contribution is 2.32. The lowest BCUT2D eigenvalue weighted by molar-refractivity contribution is -0.00196. The van der Waals surface area contributed by atoms with E-state index in [9.17, 15) is 18.7 Å². The molecule has 0 aromatic carbocycles. The number of carbonyl (C=O) groups is 1. The second-order valence-corrected chi connectivity index (χ2v) is 5.58. The van der Waals surface area contributed by atoms with Crippen molar-refractivity contribution < 1.29 is 23.4 Å². The summed E-state index contributed by atoms with van der Waals surface area (Å²) >= 11 is 0. The van der Waals surface area contributed by atoms with Crippen LogP contribution >= 0.6 is 0 Å². The fourth-order valence-electron chi connectivity index (χ4n) is 2.63. The summed E-state index contributed by atoms with van der Waals surface area (Å²) in [5.41, 5.74) is -1.23. The molecule has 0 bridgehead atoms. The van der Waals surface area contributed by atoms with Crippen molar-refractivity contribution >= 4 is 5.97 Å². The Morgan fingerprint density at radius 2 is 2.25 bits per heavy atom. The number of carboxylic acids is 1. The van der Waals surface area contributed by atoms with Gasteiger partial charge in [-0.2, -0.15) is 13.9 Å². The fourth-order valence-corrected chi connectivity index (χ4v) is 2.63. The Morgan fingerprint density at radius 3 is 2.70 bits per heavy atom. The van der Waals surface area contributed by atoms with Gasteiger partial charge < -0.3 is 9.84 Å². The largest absolute Gasteiger partial charge is 0.477 e. The van der Waals surface area contributed by atoms with Crippen LogP contribution in [-0.4, -0.2) is 33.1 Å². The van der Waals surface area contributed by atoms with Crippen LogP contribution in [-0.2, 0) is 17.2 Å². The van der Waals surface area contributed by atoms with Gasteiger partial charge in [-0.1, -0.05) is 0 Å². The maximum Gasteiger partial charge on any atom is 0.354 e. The fraction of sp³-hybridized carbons (Fsp3) is 0.692. The number of rotatable bonds is 4. The maximum atomic E-state index is 13.5. The zero-order valence-corrected chi connectivity index (χ0v) is 11.7. The number of aromatic carboxylic acids is 1. The average Bonchev–Trinajstić information content (AvgIpc) is 2.82. The van der Waals surface area contributed by atoms with Crippen LogP contribution < -0.4 is 0 Å². The van der Waals surface area contributed by atoms with Gasteiger partial charge in [0, 0.05) is 19.1 Å². The van der Waals surface area contributed by atoms with Gasteiger partial charge in [-0.15, -0.1) is 0 Å². The smallest absolute Gasteiger partial charge is 0.354 e. The second kappa shape index (κ2) is 4.80. The van der Waals surface area contributed by atoms with E-state index in [0.717, 1.165) is 17.5 Å². The van der Waals surface area contributed by atoms with E-state index in [0.29, 0.717) is 13.5 Å². The molecule has 1 saturated heterocycles. The molecule has 1 fully saturated rings. The molecule has 0 amide bonds. The topological polar surface area (TPSA) is 64.4 Å². The van der Waals surface area contributed by atoms with Crippen LogP contribution in [0.3, 0.4) is 0 Å². The number of halogens is 2. The van der Waals surface area contributed by atoms with Gasteiger partial charge in [-0.05, 0) is 26.7 Å². The van der Waals surface area contributed by atoms with Gasteiger partial charge in [0.15, 0.2) is 0 Å². The molecule has 112 valence electrons. The summed E-state index contributed by atoms with van der Waals surface area (Å²) in [5.74, 6) is -4.43. The van der Waals surface area contributed by atoms with E-state index < -0.39 is 23.2 Å². The zero-order chi connectivity index (χ0) is 15.1. The van der Waals surface area contributed by atoms with Gasteiger partial charge in [-0.3, -0.25) is 4.68 Å². The van der Waals surface area contributed by atoms with Gasteiger partial charge >= 0.3 is 5.97 Å². The summed E-state index contributed by atoms with van der Waals surface area (Å²) in [7, 11) is 0. The minimum absolute atomic E-state index is 0.00611. The van der Waals surface area contributed by atoms with Crippen LogP contribution in [0.15, 0.2) is 0 Å². The van der Waals surface area contributed by atoms with Crippen molar-refractivity contribution in [2.75, 3.05) is 6.61 Å². The van der Waals surface area contributed by atoms with Gasteiger partial charge in [0.05, 0.1) is 12.1 Å². The first kappa shape index (κ1) is 14.9. The molecule has 1 aromatic rings. The monoisotopic (exact) mass is 288 g/mol. The SMILES string of the molecule is Cc1c(C(C)(F)F)nn(CC2(C)CCCO2)c1C(=O)O. The van der Waals surface area contributed by atoms with Crippen molar-refractivity contribution in [3.05, 3.63) is 17.0 Å². The summed E-state index contributed by atoms with van der Waals surface area (Å²) < 4.78 is 33.7. The molecule has 1 unspecified atom stereocenters. The number of nitrogens with zero attached hydrogens (tertiary/aromatic N) is 2. The lowest BCUT2D eigenvalue weighted by Gasteiger charge is -2.23. The third kappa shape index (κ3) is 2.67. The number of hydrogen-bond acceptors (Lipinski definition) is 3. The second-order valence-electron chi connectivity index (χ2n) is 5.58. The van der Waals surface area contributed by atoms with Gasteiger partial charge in [-0.25, -0.2) is 4.79 Å². The van der Waals surface area contributed by atoms with Crippen molar-refractivity contribution in [2.24, 2.45) is 0 Å². The van der Waals surface area contributed by atoms with Crippen LogP contribution in [0.5, 0.6) is 0 Å². The van der Waals surface area contributed by atoms with Crippen LogP contribution in [0.1, 0.15) is 48.4 Å². The Kier molecular flexibility index (Phi) is 3.58. The molecule has 0 radical (unpaired) electrons. The lowest BCUT2D eigenvalue weighted by Crippen LogP contribution is -2.31. The molecule has 1 aliphatic rings. The van der Waals surface area contributed by atoms with Crippen molar-refractivity contribution in [1.82, 2.24) is 9.78 Å². The quantitative estimate of drug-likeness (QED) is 0.924. The number of alkyl halides is 2. The first-order chi connectivity index (χ1) is 9.14. The normalized spacial score (nSPS) is 23.2. The molecule has 0 saturated carbocycles. The summed E-state index contributed by atoms with van der Waals surface area (Å²) in [6, 6.07) is 0. The molecule has 2 heterocycles. The zero-order valence-electron chi connectivity index (χ0n) is 11.7. The Hall–Kier alpha value is -1.50. The summed E-state index contributed by atoms with van der Waals surface area (Å²) in [4.78, 5) is 11.3. The molecular weight excluding hydrogens is 270 g/mol. The Bertz CT molecular complexity index is 528. The van der Waals surface area contributed by atoms with Crippen molar-refractivity contribution in [1.29, 1.82) is 0 Å².